The number of aliphatic hydroxyl groups is 1. The molecule has 1 saturated heterocycles. The fourth-order valence-corrected chi connectivity index (χ4v) is 4.34. The van der Waals surface area contributed by atoms with Crippen LogP contribution >= 0.6 is 0 Å². The van der Waals surface area contributed by atoms with Crippen LogP contribution in [0.1, 0.15) is 39.0 Å². The largest absolute Gasteiger partial charge is 0.490 e. The zero-order valence-corrected chi connectivity index (χ0v) is 15.5. The van der Waals surface area contributed by atoms with E-state index in [0.29, 0.717) is 6.61 Å². The molecule has 1 aliphatic rings. The molecular formula is C22H32NO2+. The molecular weight excluding hydrogens is 310 g/mol. The molecule has 0 radical (unpaired) electrons. The third-order valence-corrected chi connectivity index (χ3v) is 5.49. The van der Waals surface area contributed by atoms with Crippen LogP contribution in [0.3, 0.4) is 0 Å². The number of likely N-dealkylation sites (tertiary alicyclic amines) is 1. The fraction of sp³-hybridized carbons (Fsp3) is 0.545. The Bertz CT molecular complexity index is 657. The number of fused-ring (bicyclic) bond motifs is 1. The highest BCUT2D eigenvalue weighted by Crippen LogP contribution is 2.26. The number of aliphatic hydroxyl groups excluding tert-OH is 1. The second-order valence-electron chi connectivity index (χ2n) is 7.55. The molecule has 1 N–H and O–H groups in total. The lowest BCUT2D eigenvalue weighted by Gasteiger charge is -2.39. The van der Waals surface area contributed by atoms with Gasteiger partial charge in [-0.3, -0.25) is 0 Å². The van der Waals surface area contributed by atoms with Gasteiger partial charge in [0.25, 0.3) is 0 Å². The summed E-state index contributed by atoms with van der Waals surface area (Å²) < 4.78 is 7.08. The average molecular weight is 343 g/mol. The molecule has 0 bridgehead atoms. The van der Waals surface area contributed by atoms with Gasteiger partial charge in [-0.25, -0.2) is 0 Å². The van der Waals surface area contributed by atoms with Gasteiger partial charge in [0.2, 0.25) is 0 Å². The standard InChI is InChI=1S/C22H32NO2/c1-2-14-23(15-7-3-4-8-16-23)17-20(24)18-25-22-13-9-11-19-10-5-6-12-21(19)22/h5-6,9-13,20,24H,2-4,7-8,14-18H2,1H3/q+1. The lowest BCUT2D eigenvalue weighted by molar-refractivity contribution is -0.930. The molecule has 1 atom stereocenters. The molecule has 1 fully saturated rings. The minimum Gasteiger partial charge on any atom is -0.490 e. The summed E-state index contributed by atoms with van der Waals surface area (Å²) in [5.41, 5.74) is 0. The predicted octanol–water partition coefficient (Wildman–Crippen LogP) is 4.38. The highest BCUT2D eigenvalue weighted by molar-refractivity contribution is 5.88. The third kappa shape index (κ3) is 4.74. The van der Waals surface area contributed by atoms with E-state index in [9.17, 15) is 5.11 Å². The number of hydrogen-bond donors (Lipinski definition) is 1. The summed E-state index contributed by atoms with van der Waals surface area (Å²) in [6.45, 7) is 7.03. The number of quaternary nitrogens is 1. The first-order valence-electron chi connectivity index (χ1n) is 9.86. The molecule has 1 heterocycles. The van der Waals surface area contributed by atoms with Gasteiger partial charge >= 0.3 is 0 Å². The topological polar surface area (TPSA) is 29.5 Å². The first-order chi connectivity index (χ1) is 12.2. The fourth-order valence-electron chi connectivity index (χ4n) is 4.34. The summed E-state index contributed by atoms with van der Waals surface area (Å²) in [7, 11) is 0. The Morgan fingerprint density at radius 2 is 1.72 bits per heavy atom. The van der Waals surface area contributed by atoms with Crippen LogP contribution in [0.2, 0.25) is 0 Å². The maximum absolute atomic E-state index is 10.7. The van der Waals surface area contributed by atoms with Gasteiger partial charge in [-0.15, -0.1) is 0 Å². The van der Waals surface area contributed by atoms with Gasteiger partial charge in [-0.05, 0) is 43.6 Å². The number of hydrogen-bond acceptors (Lipinski definition) is 2. The van der Waals surface area contributed by atoms with Crippen LogP contribution in [-0.4, -0.2) is 48.5 Å². The Hall–Kier alpha value is -1.58. The van der Waals surface area contributed by atoms with Crippen molar-refractivity contribution in [3.05, 3.63) is 42.5 Å². The molecule has 3 heteroatoms. The van der Waals surface area contributed by atoms with Crippen molar-refractivity contribution in [2.75, 3.05) is 32.8 Å². The molecule has 2 aromatic carbocycles. The molecule has 3 rings (SSSR count). The monoisotopic (exact) mass is 342 g/mol. The van der Waals surface area contributed by atoms with Crippen molar-refractivity contribution in [2.24, 2.45) is 0 Å². The van der Waals surface area contributed by atoms with Crippen molar-refractivity contribution in [2.45, 2.75) is 45.1 Å². The molecule has 0 spiro atoms. The van der Waals surface area contributed by atoms with Crippen molar-refractivity contribution in [1.82, 2.24) is 0 Å². The van der Waals surface area contributed by atoms with Gasteiger partial charge < -0.3 is 14.3 Å². The van der Waals surface area contributed by atoms with Crippen LogP contribution in [0.15, 0.2) is 42.5 Å². The summed E-state index contributed by atoms with van der Waals surface area (Å²) in [6.07, 6.45) is 6.02. The van der Waals surface area contributed by atoms with Gasteiger partial charge in [0.15, 0.2) is 0 Å². The van der Waals surface area contributed by atoms with Crippen LogP contribution in [0.25, 0.3) is 10.8 Å². The van der Waals surface area contributed by atoms with E-state index in [1.165, 1.54) is 57.1 Å². The van der Waals surface area contributed by atoms with E-state index in [2.05, 4.69) is 25.1 Å². The summed E-state index contributed by atoms with van der Waals surface area (Å²) in [5.74, 6) is 0.870. The first kappa shape index (κ1) is 18.2. The smallest absolute Gasteiger partial charge is 0.137 e. The number of ether oxygens (including phenoxy) is 1. The van der Waals surface area contributed by atoms with E-state index in [1.54, 1.807) is 0 Å². The Labute approximate surface area is 151 Å². The van der Waals surface area contributed by atoms with Crippen molar-refractivity contribution < 1.29 is 14.3 Å². The van der Waals surface area contributed by atoms with Crippen LogP contribution in [-0.2, 0) is 0 Å². The highest BCUT2D eigenvalue weighted by atomic mass is 16.5. The molecule has 0 aliphatic carbocycles. The van der Waals surface area contributed by atoms with E-state index in [4.69, 9.17) is 4.74 Å². The van der Waals surface area contributed by atoms with Gasteiger partial charge in [0.1, 0.15) is 25.0 Å². The molecule has 1 aliphatic heterocycles. The number of benzene rings is 2. The summed E-state index contributed by atoms with van der Waals surface area (Å²) in [4.78, 5) is 0. The Morgan fingerprint density at radius 1 is 1.00 bits per heavy atom. The Morgan fingerprint density at radius 3 is 2.48 bits per heavy atom. The van der Waals surface area contributed by atoms with Gasteiger partial charge in [0, 0.05) is 5.39 Å². The number of nitrogens with zero attached hydrogens (tertiary/aromatic N) is 1. The zero-order valence-electron chi connectivity index (χ0n) is 15.5. The maximum atomic E-state index is 10.7. The van der Waals surface area contributed by atoms with E-state index in [0.717, 1.165) is 22.2 Å². The second kappa shape index (κ2) is 8.68. The average Bonchev–Trinajstić information content (AvgIpc) is 2.86. The summed E-state index contributed by atoms with van der Waals surface area (Å²) in [5, 5.41) is 13.0. The van der Waals surface area contributed by atoms with E-state index < -0.39 is 6.10 Å². The molecule has 25 heavy (non-hydrogen) atoms. The van der Waals surface area contributed by atoms with Crippen molar-refractivity contribution in [1.29, 1.82) is 0 Å². The molecule has 0 saturated carbocycles. The molecule has 3 nitrogen and oxygen atoms in total. The molecule has 0 aromatic heterocycles. The summed E-state index contributed by atoms with van der Waals surface area (Å²) in [6, 6.07) is 14.4. The minimum atomic E-state index is -0.413. The lowest BCUT2D eigenvalue weighted by atomic mass is 10.1. The van der Waals surface area contributed by atoms with Crippen molar-refractivity contribution in [3.8, 4) is 5.75 Å². The van der Waals surface area contributed by atoms with Gasteiger partial charge in [-0.2, -0.15) is 0 Å². The first-order valence-corrected chi connectivity index (χ1v) is 9.86. The van der Waals surface area contributed by atoms with Crippen LogP contribution < -0.4 is 4.74 Å². The van der Waals surface area contributed by atoms with Crippen LogP contribution in [0.5, 0.6) is 5.75 Å². The molecule has 0 amide bonds. The number of rotatable bonds is 7. The van der Waals surface area contributed by atoms with Gasteiger partial charge in [-0.1, -0.05) is 43.3 Å². The SMILES string of the molecule is CCC[N+]1(CC(O)COc2cccc3ccccc23)CCCCCC1. The molecule has 1 unspecified atom stereocenters. The molecule has 2 aromatic rings. The van der Waals surface area contributed by atoms with Crippen LogP contribution in [0.4, 0.5) is 0 Å². The Balaban J connectivity index is 1.63. The second-order valence-corrected chi connectivity index (χ2v) is 7.55. The van der Waals surface area contributed by atoms with Crippen molar-refractivity contribution in [3.63, 3.8) is 0 Å². The van der Waals surface area contributed by atoms with E-state index in [-0.39, 0.29) is 0 Å². The van der Waals surface area contributed by atoms with Crippen LogP contribution in [0, 0.1) is 0 Å². The van der Waals surface area contributed by atoms with E-state index >= 15 is 0 Å². The third-order valence-electron chi connectivity index (χ3n) is 5.49. The van der Waals surface area contributed by atoms with Crippen molar-refractivity contribution >= 4 is 10.8 Å². The maximum Gasteiger partial charge on any atom is 0.137 e. The molecule has 136 valence electrons. The minimum absolute atomic E-state index is 0.373. The Kier molecular flexibility index (Phi) is 6.33. The van der Waals surface area contributed by atoms with E-state index in [1.807, 2.05) is 24.3 Å². The van der Waals surface area contributed by atoms with Gasteiger partial charge in [0.05, 0.1) is 19.6 Å². The predicted molar refractivity (Wildman–Crippen MR) is 104 cm³/mol. The highest BCUT2D eigenvalue weighted by Gasteiger charge is 2.30. The quantitative estimate of drug-likeness (QED) is 0.757. The normalized spacial score (nSPS) is 18.6. The zero-order chi connectivity index (χ0) is 17.5. The summed E-state index contributed by atoms with van der Waals surface area (Å²) >= 11 is 0. The lowest BCUT2D eigenvalue weighted by Crippen LogP contribution is -2.54.